The van der Waals surface area contributed by atoms with Crippen molar-refractivity contribution in [1.82, 2.24) is 4.90 Å². The van der Waals surface area contributed by atoms with Crippen LogP contribution < -0.4 is 0 Å². The molecule has 1 aromatic rings. The molecule has 1 amide bonds. The molecule has 0 bridgehead atoms. The van der Waals surface area contributed by atoms with Gasteiger partial charge in [-0.25, -0.2) is 0 Å². The van der Waals surface area contributed by atoms with Crippen molar-refractivity contribution >= 4 is 5.91 Å². The molecule has 4 nitrogen and oxygen atoms in total. The first-order valence-corrected chi connectivity index (χ1v) is 6.26. The van der Waals surface area contributed by atoms with Crippen LogP contribution in [0.25, 0.3) is 0 Å². The van der Waals surface area contributed by atoms with Crippen LogP contribution in [0.1, 0.15) is 43.6 Å². The summed E-state index contributed by atoms with van der Waals surface area (Å²) in [4.78, 5) is 13.7. The number of rotatable bonds is 3. The molecule has 0 aliphatic carbocycles. The predicted molar refractivity (Wildman–Crippen MR) is 63.1 cm³/mol. The molecule has 0 radical (unpaired) electrons. The average molecular weight is 237 g/mol. The summed E-state index contributed by atoms with van der Waals surface area (Å²) >= 11 is 0. The maximum absolute atomic E-state index is 11.9. The lowest BCUT2D eigenvalue weighted by molar-refractivity contribution is -0.132. The first-order chi connectivity index (χ1) is 8.29. The van der Waals surface area contributed by atoms with E-state index < -0.39 is 0 Å². The van der Waals surface area contributed by atoms with Gasteiger partial charge >= 0.3 is 0 Å². The molecular weight excluding hydrogens is 218 g/mol. The standard InChI is InChI=1S/C13H19NO3/c15-10-12-7-6-11(17-12)9-14-8-4-2-1-3-5-13(14)16/h6-7,15H,1-5,8-10H2. The smallest absolute Gasteiger partial charge is 0.222 e. The molecule has 0 aromatic carbocycles. The third-order valence-electron chi connectivity index (χ3n) is 3.14. The Kier molecular flexibility index (Phi) is 4.20. The second-order valence-electron chi connectivity index (χ2n) is 4.51. The number of likely N-dealkylation sites (tertiary alicyclic amines) is 1. The van der Waals surface area contributed by atoms with E-state index in [0.717, 1.165) is 31.6 Å². The Morgan fingerprint density at radius 2 is 1.94 bits per heavy atom. The molecule has 4 heteroatoms. The van der Waals surface area contributed by atoms with Crippen LogP contribution in [0.15, 0.2) is 16.5 Å². The molecule has 0 spiro atoms. The highest BCUT2D eigenvalue weighted by molar-refractivity contribution is 5.76. The third kappa shape index (κ3) is 3.33. The highest BCUT2D eigenvalue weighted by Gasteiger charge is 2.17. The van der Waals surface area contributed by atoms with Crippen LogP contribution in [0, 0.1) is 0 Å². The molecule has 0 saturated carbocycles. The van der Waals surface area contributed by atoms with Crippen LogP contribution in [0.2, 0.25) is 0 Å². The van der Waals surface area contributed by atoms with Crippen LogP contribution in [0.3, 0.4) is 0 Å². The zero-order chi connectivity index (χ0) is 12.1. The van der Waals surface area contributed by atoms with E-state index in [-0.39, 0.29) is 12.5 Å². The molecule has 1 aliphatic rings. The van der Waals surface area contributed by atoms with Crippen molar-refractivity contribution in [1.29, 1.82) is 0 Å². The average Bonchev–Trinajstić information content (AvgIpc) is 2.77. The van der Waals surface area contributed by atoms with Gasteiger partial charge in [-0.2, -0.15) is 0 Å². The van der Waals surface area contributed by atoms with E-state index in [2.05, 4.69) is 0 Å². The number of hydrogen-bond acceptors (Lipinski definition) is 3. The fourth-order valence-electron chi connectivity index (χ4n) is 2.16. The number of furan rings is 1. The van der Waals surface area contributed by atoms with Gasteiger partial charge < -0.3 is 14.4 Å². The van der Waals surface area contributed by atoms with E-state index in [1.165, 1.54) is 6.42 Å². The van der Waals surface area contributed by atoms with Gasteiger partial charge in [0.2, 0.25) is 5.91 Å². The van der Waals surface area contributed by atoms with Crippen LogP contribution in [0.4, 0.5) is 0 Å². The van der Waals surface area contributed by atoms with E-state index in [9.17, 15) is 4.79 Å². The fraction of sp³-hybridized carbons (Fsp3) is 0.615. The minimum atomic E-state index is -0.0893. The predicted octanol–water partition coefficient (Wildman–Crippen LogP) is 2.06. The largest absolute Gasteiger partial charge is 0.462 e. The Balaban J connectivity index is 1.97. The van der Waals surface area contributed by atoms with Gasteiger partial charge in [-0.3, -0.25) is 4.79 Å². The molecular formula is C13H19NO3. The summed E-state index contributed by atoms with van der Waals surface area (Å²) < 4.78 is 5.41. The van der Waals surface area contributed by atoms with E-state index >= 15 is 0 Å². The summed E-state index contributed by atoms with van der Waals surface area (Å²) in [5.74, 6) is 1.52. The topological polar surface area (TPSA) is 53.7 Å². The van der Waals surface area contributed by atoms with Gasteiger partial charge in [-0.15, -0.1) is 0 Å². The lowest BCUT2D eigenvalue weighted by atomic mass is 10.1. The summed E-state index contributed by atoms with van der Waals surface area (Å²) in [5.41, 5.74) is 0. The molecule has 1 aromatic heterocycles. The number of amides is 1. The number of carbonyl (C=O) groups is 1. The quantitative estimate of drug-likeness (QED) is 0.875. The molecule has 17 heavy (non-hydrogen) atoms. The number of carbonyl (C=O) groups excluding carboxylic acids is 1. The summed E-state index contributed by atoms with van der Waals surface area (Å²) in [6.45, 7) is 1.25. The normalized spacial score (nSPS) is 17.9. The van der Waals surface area contributed by atoms with E-state index in [4.69, 9.17) is 9.52 Å². The molecule has 2 rings (SSSR count). The molecule has 94 valence electrons. The monoisotopic (exact) mass is 237 g/mol. The molecule has 1 aliphatic heterocycles. The second kappa shape index (κ2) is 5.87. The van der Waals surface area contributed by atoms with Crippen molar-refractivity contribution in [2.24, 2.45) is 0 Å². The highest BCUT2D eigenvalue weighted by Crippen LogP contribution is 2.16. The van der Waals surface area contributed by atoms with Crippen LogP contribution in [-0.4, -0.2) is 22.5 Å². The van der Waals surface area contributed by atoms with Gasteiger partial charge in [0.05, 0.1) is 6.54 Å². The van der Waals surface area contributed by atoms with Crippen molar-refractivity contribution < 1.29 is 14.3 Å². The lowest BCUT2D eigenvalue weighted by Gasteiger charge is -2.23. The first kappa shape index (κ1) is 12.2. The van der Waals surface area contributed by atoms with Crippen molar-refractivity contribution in [3.8, 4) is 0 Å². The minimum absolute atomic E-state index is 0.0893. The number of aliphatic hydroxyl groups is 1. The highest BCUT2D eigenvalue weighted by atomic mass is 16.4. The maximum Gasteiger partial charge on any atom is 0.222 e. The summed E-state index contributed by atoms with van der Waals surface area (Å²) in [5, 5.41) is 8.92. The Morgan fingerprint density at radius 3 is 2.71 bits per heavy atom. The fourth-order valence-corrected chi connectivity index (χ4v) is 2.16. The van der Waals surface area contributed by atoms with Gasteiger partial charge in [0.25, 0.3) is 0 Å². The Morgan fingerprint density at radius 1 is 1.18 bits per heavy atom. The van der Waals surface area contributed by atoms with E-state index in [1.807, 2.05) is 11.0 Å². The molecule has 1 fully saturated rings. The first-order valence-electron chi connectivity index (χ1n) is 6.26. The van der Waals surface area contributed by atoms with Crippen molar-refractivity contribution in [2.75, 3.05) is 6.54 Å². The minimum Gasteiger partial charge on any atom is -0.462 e. The molecule has 0 atom stereocenters. The molecule has 2 heterocycles. The molecule has 1 N–H and O–H groups in total. The summed E-state index contributed by atoms with van der Waals surface area (Å²) in [7, 11) is 0. The Hall–Kier alpha value is -1.29. The van der Waals surface area contributed by atoms with E-state index in [0.29, 0.717) is 18.7 Å². The van der Waals surface area contributed by atoms with Gasteiger partial charge in [0.15, 0.2) is 0 Å². The van der Waals surface area contributed by atoms with Gasteiger partial charge in [0, 0.05) is 13.0 Å². The van der Waals surface area contributed by atoms with Crippen LogP contribution in [0.5, 0.6) is 0 Å². The second-order valence-corrected chi connectivity index (χ2v) is 4.51. The summed E-state index contributed by atoms with van der Waals surface area (Å²) in [6.07, 6.45) is 5.07. The van der Waals surface area contributed by atoms with Crippen molar-refractivity contribution in [3.63, 3.8) is 0 Å². The SMILES string of the molecule is O=C1CCCCCCN1Cc1ccc(CO)o1. The van der Waals surface area contributed by atoms with Crippen LogP contribution >= 0.6 is 0 Å². The Labute approximate surface area is 101 Å². The van der Waals surface area contributed by atoms with Gasteiger partial charge in [-0.1, -0.05) is 12.8 Å². The van der Waals surface area contributed by atoms with Gasteiger partial charge in [0.1, 0.15) is 18.1 Å². The zero-order valence-electron chi connectivity index (χ0n) is 10.0. The van der Waals surface area contributed by atoms with Crippen molar-refractivity contribution in [2.45, 2.75) is 45.3 Å². The third-order valence-corrected chi connectivity index (χ3v) is 3.14. The molecule has 0 unspecified atom stereocenters. The number of hydrogen-bond donors (Lipinski definition) is 1. The molecule has 1 saturated heterocycles. The zero-order valence-corrected chi connectivity index (χ0v) is 10.0. The number of aliphatic hydroxyl groups excluding tert-OH is 1. The maximum atomic E-state index is 11.9. The van der Waals surface area contributed by atoms with Gasteiger partial charge in [-0.05, 0) is 25.0 Å². The van der Waals surface area contributed by atoms with Crippen LogP contribution in [-0.2, 0) is 17.9 Å². The van der Waals surface area contributed by atoms with Crippen molar-refractivity contribution in [3.05, 3.63) is 23.7 Å². The number of nitrogens with zero attached hydrogens (tertiary/aromatic N) is 1. The van der Waals surface area contributed by atoms with E-state index in [1.54, 1.807) is 6.07 Å². The summed E-state index contributed by atoms with van der Waals surface area (Å²) in [6, 6.07) is 3.58. The Bertz CT molecular complexity index is 372. The lowest BCUT2D eigenvalue weighted by Crippen LogP contribution is -2.32.